The van der Waals surface area contributed by atoms with Crippen molar-refractivity contribution in [2.24, 2.45) is 11.7 Å². The Kier molecular flexibility index (Phi) is 5.04. The zero-order valence-corrected chi connectivity index (χ0v) is 12.9. The van der Waals surface area contributed by atoms with Crippen LogP contribution in [-0.2, 0) is 14.6 Å². The highest BCUT2D eigenvalue weighted by Crippen LogP contribution is 2.22. The van der Waals surface area contributed by atoms with E-state index in [4.69, 9.17) is 5.73 Å². The molecule has 7 heteroatoms. The van der Waals surface area contributed by atoms with Gasteiger partial charge in [-0.2, -0.15) is 0 Å². The molecule has 0 aliphatic carbocycles. The normalized spacial score (nSPS) is 31.2. The van der Waals surface area contributed by atoms with Crippen molar-refractivity contribution in [2.45, 2.75) is 25.8 Å². The van der Waals surface area contributed by atoms with Crippen LogP contribution in [0.5, 0.6) is 0 Å². The van der Waals surface area contributed by atoms with Crippen molar-refractivity contribution in [3.05, 3.63) is 0 Å². The van der Waals surface area contributed by atoms with Crippen LogP contribution in [0, 0.1) is 5.92 Å². The molecule has 0 aromatic heterocycles. The Balaban J connectivity index is 1.88. The number of nitrogens with zero attached hydrogens (tertiary/aromatic N) is 2. The Hall–Kier alpha value is -0.660. The number of sulfone groups is 1. The Morgan fingerprint density at radius 1 is 1.25 bits per heavy atom. The van der Waals surface area contributed by atoms with Gasteiger partial charge in [-0.25, -0.2) is 8.42 Å². The molecule has 20 heavy (non-hydrogen) atoms. The van der Waals surface area contributed by atoms with E-state index in [1.165, 1.54) is 0 Å². The summed E-state index contributed by atoms with van der Waals surface area (Å²) in [5, 5.41) is 0. The van der Waals surface area contributed by atoms with Crippen molar-refractivity contribution in [1.82, 2.24) is 9.80 Å². The molecule has 0 spiro atoms. The SMILES string of the molecule is CC1CCN(C(=O)CN2CCS(=O)(=O)CC2)C(CN)C1. The van der Waals surface area contributed by atoms with E-state index in [1.54, 1.807) is 0 Å². The molecule has 2 fully saturated rings. The Labute approximate surface area is 121 Å². The van der Waals surface area contributed by atoms with E-state index in [0.717, 1.165) is 19.4 Å². The molecule has 2 rings (SSSR count). The van der Waals surface area contributed by atoms with Crippen LogP contribution >= 0.6 is 0 Å². The maximum absolute atomic E-state index is 12.4. The molecule has 0 aromatic rings. The molecule has 1 amide bonds. The summed E-state index contributed by atoms with van der Waals surface area (Å²) < 4.78 is 22.8. The lowest BCUT2D eigenvalue weighted by molar-refractivity contribution is -0.136. The number of hydrogen-bond donors (Lipinski definition) is 1. The third-order valence-electron chi connectivity index (χ3n) is 4.37. The summed E-state index contributed by atoms with van der Waals surface area (Å²) in [6.45, 7) is 4.72. The van der Waals surface area contributed by atoms with Gasteiger partial charge in [0.2, 0.25) is 5.91 Å². The summed E-state index contributed by atoms with van der Waals surface area (Å²) in [5.74, 6) is 1.04. The Morgan fingerprint density at radius 2 is 1.90 bits per heavy atom. The molecule has 2 saturated heterocycles. The van der Waals surface area contributed by atoms with Gasteiger partial charge in [0, 0.05) is 32.2 Å². The summed E-state index contributed by atoms with van der Waals surface area (Å²) in [6.07, 6.45) is 1.99. The van der Waals surface area contributed by atoms with Crippen LogP contribution in [0.25, 0.3) is 0 Å². The van der Waals surface area contributed by atoms with E-state index >= 15 is 0 Å². The number of piperidine rings is 1. The molecule has 0 radical (unpaired) electrons. The lowest BCUT2D eigenvalue weighted by Gasteiger charge is -2.39. The summed E-state index contributed by atoms with van der Waals surface area (Å²) in [4.78, 5) is 16.2. The first-order valence-corrected chi connectivity index (χ1v) is 9.16. The molecule has 2 heterocycles. The molecule has 0 saturated carbocycles. The first-order chi connectivity index (χ1) is 9.41. The number of nitrogens with two attached hydrogens (primary N) is 1. The molecule has 2 atom stereocenters. The molecular formula is C13H25N3O3S. The van der Waals surface area contributed by atoms with Crippen molar-refractivity contribution in [1.29, 1.82) is 0 Å². The summed E-state index contributed by atoms with van der Waals surface area (Å²) in [7, 11) is -2.89. The third-order valence-corrected chi connectivity index (χ3v) is 5.98. The molecule has 6 nitrogen and oxygen atoms in total. The van der Waals surface area contributed by atoms with E-state index in [1.807, 2.05) is 9.80 Å². The zero-order valence-electron chi connectivity index (χ0n) is 12.1. The second kappa shape index (κ2) is 6.41. The second-order valence-corrected chi connectivity index (χ2v) is 8.34. The first kappa shape index (κ1) is 15.7. The average molecular weight is 303 g/mol. The van der Waals surface area contributed by atoms with Crippen LogP contribution in [0.15, 0.2) is 0 Å². The summed E-state index contributed by atoms with van der Waals surface area (Å²) in [5.41, 5.74) is 5.78. The van der Waals surface area contributed by atoms with Gasteiger partial charge in [-0.3, -0.25) is 9.69 Å². The van der Waals surface area contributed by atoms with Gasteiger partial charge in [-0.05, 0) is 18.8 Å². The lowest BCUT2D eigenvalue weighted by atomic mass is 9.92. The maximum Gasteiger partial charge on any atom is 0.237 e. The van der Waals surface area contributed by atoms with Gasteiger partial charge in [0.25, 0.3) is 0 Å². The molecule has 0 aromatic carbocycles. The molecule has 2 N–H and O–H groups in total. The first-order valence-electron chi connectivity index (χ1n) is 7.33. The van der Waals surface area contributed by atoms with Gasteiger partial charge in [0.15, 0.2) is 9.84 Å². The fraction of sp³-hybridized carbons (Fsp3) is 0.923. The van der Waals surface area contributed by atoms with Crippen LogP contribution in [0.3, 0.4) is 0 Å². The van der Waals surface area contributed by atoms with E-state index < -0.39 is 9.84 Å². The summed E-state index contributed by atoms with van der Waals surface area (Å²) >= 11 is 0. The topological polar surface area (TPSA) is 83.7 Å². The van der Waals surface area contributed by atoms with Gasteiger partial charge >= 0.3 is 0 Å². The van der Waals surface area contributed by atoms with Crippen LogP contribution in [0.1, 0.15) is 19.8 Å². The van der Waals surface area contributed by atoms with Crippen LogP contribution in [0.2, 0.25) is 0 Å². The average Bonchev–Trinajstić information content (AvgIpc) is 2.40. The maximum atomic E-state index is 12.4. The molecular weight excluding hydrogens is 278 g/mol. The number of carbonyl (C=O) groups excluding carboxylic acids is 1. The monoisotopic (exact) mass is 303 g/mol. The fourth-order valence-corrected chi connectivity index (χ4v) is 4.27. The second-order valence-electron chi connectivity index (χ2n) is 6.03. The zero-order chi connectivity index (χ0) is 14.8. The van der Waals surface area contributed by atoms with E-state index in [-0.39, 0.29) is 23.5 Å². The fourth-order valence-electron chi connectivity index (χ4n) is 2.99. The Bertz CT molecular complexity index is 438. The molecule has 2 aliphatic rings. The van der Waals surface area contributed by atoms with Crippen LogP contribution in [0.4, 0.5) is 0 Å². The number of hydrogen-bond acceptors (Lipinski definition) is 5. The smallest absolute Gasteiger partial charge is 0.237 e. The van der Waals surface area contributed by atoms with Crippen molar-refractivity contribution >= 4 is 15.7 Å². The van der Waals surface area contributed by atoms with Crippen LogP contribution < -0.4 is 5.73 Å². The van der Waals surface area contributed by atoms with Gasteiger partial charge < -0.3 is 10.6 Å². The highest BCUT2D eigenvalue weighted by atomic mass is 32.2. The van der Waals surface area contributed by atoms with Gasteiger partial charge in [0.1, 0.15) is 0 Å². The van der Waals surface area contributed by atoms with E-state index in [0.29, 0.717) is 32.1 Å². The van der Waals surface area contributed by atoms with Gasteiger partial charge in [0.05, 0.1) is 18.1 Å². The van der Waals surface area contributed by atoms with E-state index in [2.05, 4.69) is 6.92 Å². The minimum Gasteiger partial charge on any atom is -0.337 e. The van der Waals surface area contributed by atoms with Crippen molar-refractivity contribution in [2.75, 3.05) is 44.2 Å². The summed E-state index contributed by atoms with van der Waals surface area (Å²) in [6, 6.07) is 0.139. The van der Waals surface area contributed by atoms with Gasteiger partial charge in [-0.1, -0.05) is 6.92 Å². The van der Waals surface area contributed by atoms with Crippen molar-refractivity contribution in [3.8, 4) is 0 Å². The highest BCUT2D eigenvalue weighted by molar-refractivity contribution is 7.91. The largest absolute Gasteiger partial charge is 0.337 e. The molecule has 116 valence electrons. The predicted molar refractivity (Wildman–Crippen MR) is 78.0 cm³/mol. The minimum atomic E-state index is -2.89. The molecule has 2 unspecified atom stereocenters. The number of rotatable bonds is 3. The Morgan fingerprint density at radius 3 is 2.50 bits per heavy atom. The predicted octanol–water partition coefficient (Wildman–Crippen LogP) is -0.697. The number of amides is 1. The third kappa shape index (κ3) is 3.93. The molecule has 0 bridgehead atoms. The lowest BCUT2D eigenvalue weighted by Crippen LogP contribution is -2.53. The number of likely N-dealkylation sites (tertiary alicyclic amines) is 1. The quantitative estimate of drug-likeness (QED) is 0.745. The van der Waals surface area contributed by atoms with E-state index in [9.17, 15) is 13.2 Å². The van der Waals surface area contributed by atoms with Crippen molar-refractivity contribution < 1.29 is 13.2 Å². The van der Waals surface area contributed by atoms with Crippen molar-refractivity contribution in [3.63, 3.8) is 0 Å². The highest BCUT2D eigenvalue weighted by Gasteiger charge is 2.31. The minimum absolute atomic E-state index is 0.0895. The van der Waals surface area contributed by atoms with Crippen LogP contribution in [-0.4, -0.2) is 74.4 Å². The standard InChI is InChI=1S/C13H25N3O3S/c1-11-2-3-16(12(8-11)9-14)13(17)10-15-4-6-20(18,19)7-5-15/h11-12H,2-10,14H2,1H3. The molecule has 2 aliphatic heterocycles. The number of carbonyl (C=O) groups is 1. The van der Waals surface area contributed by atoms with Gasteiger partial charge in [-0.15, -0.1) is 0 Å².